The standard InChI is InChI=1S/C6H11NO7/c8-3-1-13-6(5(3)10)4(9)2-14-7(11)12/h3-6,8-10H,1-2H2/t3-,4+,5-,6-/m1/s1. The van der Waals surface area contributed by atoms with Gasteiger partial charge in [0.2, 0.25) is 0 Å². The first kappa shape index (κ1) is 11.1. The lowest BCUT2D eigenvalue weighted by molar-refractivity contribution is -0.759. The molecule has 0 aromatic heterocycles. The van der Waals surface area contributed by atoms with E-state index in [1.54, 1.807) is 0 Å². The average Bonchev–Trinajstić information content (AvgIpc) is 2.44. The van der Waals surface area contributed by atoms with Crippen molar-refractivity contribution in [3.63, 3.8) is 0 Å². The summed E-state index contributed by atoms with van der Waals surface area (Å²) < 4.78 is 4.82. The van der Waals surface area contributed by atoms with Gasteiger partial charge in [0.05, 0.1) is 6.61 Å². The fourth-order valence-corrected chi connectivity index (χ4v) is 1.20. The molecular formula is C6H11NO7. The molecule has 1 heterocycles. The number of hydrogen-bond donors (Lipinski definition) is 3. The molecule has 8 nitrogen and oxygen atoms in total. The van der Waals surface area contributed by atoms with Crippen molar-refractivity contribution in [3.8, 4) is 0 Å². The van der Waals surface area contributed by atoms with Crippen LogP contribution in [0.5, 0.6) is 0 Å². The maximum Gasteiger partial charge on any atom is 0.294 e. The molecular weight excluding hydrogens is 198 g/mol. The first-order valence-corrected chi connectivity index (χ1v) is 3.95. The van der Waals surface area contributed by atoms with Crippen LogP contribution in [0, 0.1) is 10.1 Å². The Bertz CT molecular complexity index is 210. The van der Waals surface area contributed by atoms with Gasteiger partial charge in [0, 0.05) is 0 Å². The van der Waals surface area contributed by atoms with E-state index in [1.807, 2.05) is 0 Å². The van der Waals surface area contributed by atoms with Crippen LogP contribution < -0.4 is 0 Å². The van der Waals surface area contributed by atoms with Crippen LogP contribution in [0.2, 0.25) is 0 Å². The van der Waals surface area contributed by atoms with Gasteiger partial charge in [0.15, 0.2) is 0 Å². The lowest BCUT2D eigenvalue weighted by atomic mass is 10.1. The van der Waals surface area contributed by atoms with Crippen LogP contribution in [0.3, 0.4) is 0 Å². The lowest BCUT2D eigenvalue weighted by Gasteiger charge is -2.19. The molecule has 1 fully saturated rings. The Kier molecular flexibility index (Phi) is 3.58. The van der Waals surface area contributed by atoms with E-state index < -0.39 is 36.1 Å². The molecule has 0 saturated carbocycles. The zero-order chi connectivity index (χ0) is 10.7. The quantitative estimate of drug-likeness (QED) is 0.350. The molecule has 1 aliphatic heterocycles. The zero-order valence-electron chi connectivity index (χ0n) is 7.15. The summed E-state index contributed by atoms with van der Waals surface area (Å²) in [6.07, 6.45) is -4.72. The Balaban J connectivity index is 2.37. The minimum atomic E-state index is -1.34. The van der Waals surface area contributed by atoms with Crippen LogP contribution in [0.15, 0.2) is 0 Å². The third-order valence-corrected chi connectivity index (χ3v) is 1.92. The smallest absolute Gasteiger partial charge is 0.294 e. The summed E-state index contributed by atoms with van der Waals surface area (Å²) >= 11 is 0. The van der Waals surface area contributed by atoms with Crippen molar-refractivity contribution in [2.75, 3.05) is 13.2 Å². The highest BCUT2D eigenvalue weighted by Gasteiger charge is 2.39. The summed E-state index contributed by atoms with van der Waals surface area (Å²) in [7, 11) is 0. The van der Waals surface area contributed by atoms with Gasteiger partial charge in [-0.1, -0.05) is 0 Å². The average molecular weight is 209 g/mol. The zero-order valence-corrected chi connectivity index (χ0v) is 7.15. The monoisotopic (exact) mass is 209 g/mol. The number of aliphatic hydroxyl groups is 3. The van der Waals surface area contributed by atoms with Gasteiger partial charge < -0.3 is 24.9 Å². The van der Waals surface area contributed by atoms with Crippen molar-refractivity contribution in [2.45, 2.75) is 24.4 Å². The van der Waals surface area contributed by atoms with Crippen LogP contribution in [0.25, 0.3) is 0 Å². The molecule has 1 saturated heterocycles. The van der Waals surface area contributed by atoms with Gasteiger partial charge in [-0.2, -0.15) is 0 Å². The third-order valence-electron chi connectivity index (χ3n) is 1.92. The van der Waals surface area contributed by atoms with Crippen LogP contribution >= 0.6 is 0 Å². The molecule has 0 amide bonds. The molecule has 0 bridgehead atoms. The van der Waals surface area contributed by atoms with Crippen molar-refractivity contribution >= 4 is 0 Å². The molecule has 3 N–H and O–H groups in total. The largest absolute Gasteiger partial charge is 0.388 e. The summed E-state index contributed by atoms with van der Waals surface area (Å²) in [5, 5.41) is 36.3. The van der Waals surface area contributed by atoms with Gasteiger partial charge in [-0.3, -0.25) is 0 Å². The van der Waals surface area contributed by atoms with Crippen LogP contribution in [-0.2, 0) is 9.57 Å². The Hall–Kier alpha value is -0.960. The molecule has 4 atom stereocenters. The summed E-state index contributed by atoms with van der Waals surface area (Å²) in [4.78, 5) is 13.7. The predicted molar refractivity (Wildman–Crippen MR) is 40.7 cm³/mol. The molecule has 1 aliphatic rings. The maximum atomic E-state index is 9.78. The van der Waals surface area contributed by atoms with Crippen molar-refractivity contribution in [1.82, 2.24) is 0 Å². The molecule has 82 valence electrons. The number of aliphatic hydroxyl groups excluding tert-OH is 3. The van der Waals surface area contributed by atoms with Gasteiger partial charge in [0.1, 0.15) is 31.0 Å². The van der Waals surface area contributed by atoms with E-state index in [0.29, 0.717) is 0 Å². The number of nitrogens with zero attached hydrogens (tertiary/aromatic N) is 1. The second-order valence-electron chi connectivity index (χ2n) is 2.94. The fourth-order valence-electron chi connectivity index (χ4n) is 1.20. The van der Waals surface area contributed by atoms with E-state index in [-0.39, 0.29) is 6.61 Å². The molecule has 1 rings (SSSR count). The summed E-state index contributed by atoms with van der Waals surface area (Å²) in [6.45, 7) is -0.706. The molecule has 14 heavy (non-hydrogen) atoms. The lowest BCUT2D eigenvalue weighted by Crippen LogP contribution is -2.41. The first-order chi connectivity index (χ1) is 6.52. The summed E-state index contributed by atoms with van der Waals surface area (Å²) in [6, 6.07) is 0. The van der Waals surface area contributed by atoms with Gasteiger partial charge >= 0.3 is 0 Å². The Morgan fingerprint density at radius 2 is 2.29 bits per heavy atom. The van der Waals surface area contributed by atoms with Crippen molar-refractivity contribution in [2.24, 2.45) is 0 Å². The number of ether oxygens (including phenoxy) is 1. The SMILES string of the molecule is O=[N+]([O-])OC[C@H](O)[C@H]1OC[C@@H](O)[C@H]1O. The van der Waals surface area contributed by atoms with Crippen LogP contribution in [0.4, 0.5) is 0 Å². The van der Waals surface area contributed by atoms with Gasteiger partial charge in [-0.15, -0.1) is 10.1 Å². The second-order valence-corrected chi connectivity index (χ2v) is 2.94. The highest BCUT2D eigenvalue weighted by Crippen LogP contribution is 2.17. The second kappa shape index (κ2) is 4.51. The third kappa shape index (κ3) is 2.51. The molecule has 0 spiro atoms. The highest BCUT2D eigenvalue weighted by atomic mass is 17.0. The van der Waals surface area contributed by atoms with E-state index in [2.05, 4.69) is 4.84 Å². The maximum absolute atomic E-state index is 9.78. The molecule has 0 aromatic carbocycles. The molecule has 0 aliphatic carbocycles. The fraction of sp³-hybridized carbons (Fsp3) is 1.00. The molecule has 0 aromatic rings. The summed E-state index contributed by atoms with van der Waals surface area (Å²) in [5.41, 5.74) is 0. The Morgan fingerprint density at radius 3 is 2.71 bits per heavy atom. The molecule has 8 heteroatoms. The Labute approximate surface area is 78.8 Å². The van der Waals surface area contributed by atoms with E-state index in [0.717, 1.165) is 0 Å². The van der Waals surface area contributed by atoms with Crippen LogP contribution in [-0.4, -0.2) is 58.0 Å². The predicted octanol–water partition coefficient (Wildman–Crippen LogP) is -2.32. The number of rotatable bonds is 4. The van der Waals surface area contributed by atoms with Gasteiger partial charge in [-0.25, -0.2) is 0 Å². The Morgan fingerprint density at radius 1 is 1.64 bits per heavy atom. The molecule has 0 radical (unpaired) electrons. The first-order valence-electron chi connectivity index (χ1n) is 3.95. The topological polar surface area (TPSA) is 122 Å². The van der Waals surface area contributed by atoms with E-state index in [4.69, 9.17) is 9.84 Å². The van der Waals surface area contributed by atoms with Crippen LogP contribution in [0.1, 0.15) is 0 Å². The highest BCUT2D eigenvalue weighted by molar-refractivity contribution is 4.87. The number of hydrogen-bond acceptors (Lipinski definition) is 7. The molecule has 0 unspecified atom stereocenters. The summed E-state index contributed by atoms with van der Waals surface area (Å²) in [5.74, 6) is 0. The van der Waals surface area contributed by atoms with Crippen molar-refractivity contribution in [1.29, 1.82) is 0 Å². The van der Waals surface area contributed by atoms with E-state index in [9.17, 15) is 20.3 Å². The minimum Gasteiger partial charge on any atom is -0.388 e. The minimum absolute atomic E-state index is 0.110. The van der Waals surface area contributed by atoms with E-state index >= 15 is 0 Å². The van der Waals surface area contributed by atoms with Crippen molar-refractivity contribution in [3.05, 3.63) is 10.1 Å². The van der Waals surface area contributed by atoms with E-state index in [1.165, 1.54) is 0 Å². The van der Waals surface area contributed by atoms with Gasteiger partial charge in [-0.05, 0) is 0 Å². The van der Waals surface area contributed by atoms with Gasteiger partial charge in [0.25, 0.3) is 5.09 Å². The normalized spacial score (nSPS) is 34.1. The van der Waals surface area contributed by atoms with Crippen molar-refractivity contribution < 1.29 is 30.0 Å².